The monoisotopic (exact) mass is 483 g/mol. The van der Waals surface area contributed by atoms with Gasteiger partial charge in [0.05, 0.1) is 18.4 Å². The SMILES string of the molecule is CCOC(=O)c1c(NC(=O)[C@@H]2[C@@H]3CC[C@@H](C3)[C@@H]2C(=O)O)sc(C)c1-c1ccc(CC(C)C)cc1. The Hall–Kier alpha value is -2.67. The Morgan fingerprint density at radius 2 is 1.76 bits per heavy atom. The fourth-order valence-electron chi connectivity index (χ4n) is 5.88. The maximum absolute atomic E-state index is 13.3. The predicted octanol–water partition coefficient (Wildman–Crippen LogP) is 5.78. The van der Waals surface area contributed by atoms with E-state index in [4.69, 9.17) is 4.74 Å². The molecule has 2 bridgehead atoms. The number of anilines is 1. The Morgan fingerprint density at radius 1 is 1.12 bits per heavy atom. The van der Waals surface area contributed by atoms with E-state index in [-0.39, 0.29) is 24.3 Å². The van der Waals surface area contributed by atoms with Crippen molar-refractivity contribution in [1.29, 1.82) is 0 Å². The minimum Gasteiger partial charge on any atom is -0.481 e. The van der Waals surface area contributed by atoms with Gasteiger partial charge in [-0.1, -0.05) is 38.1 Å². The fourth-order valence-corrected chi connectivity index (χ4v) is 6.94. The summed E-state index contributed by atoms with van der Waals surface area (Å²) >= 11 is 1.34. The fraction of sp³-hybridized carbons (Fsp3) is 0.519. The maximum Gasteiger partial charge on any atom is 0.341 e. The van der Waals surface area contributed by atoms with Crippen LogP contribution in [-0.4, -0.2) is 29.6 Å². The van der Waals surface area contributed by atoms with Crippen molar-refractivity contribution >= 4 is 34.2 Å². The number of aryl methyl sites for hydroxylation is 1. The Kier molecular flexibility index (Phi) is 7.12. The molecule has 0 aliphatic heterocycles. The average molecular weight is 484 g/mol. The summed E-state index contributed by atoms with van der Waals surface area (Å²) in [5.74, 6) is -2.20. The van der Waals surface area contributed by atoms with E-state index >= 15 is 0 Å². The van der Waals surface area contributed by atoms with Crippen molar-refractivity contribution in [2.45, 2.75) is 53.4 Å². The topological polar surface area (TPSA) is 92.7 Å². The number of carboxylic acids is 1. The summed E-state index contributed by atoms with van der Waals surface area (Å²) < 4.78 is 5.36. The molecular weight excluding hydrogens is 450 g/mol. The average Bonchev–Trinajstić information content (AvgIpc) is 3.47. The van der Waals surface area contributed by atoms with Crippen LogP contribution in [0.3, 0.4) is 0 Å². The lowest BCUT2D eigenvalue weighted by Crippen LogP contribution is -2.37. The zero-order valence-electron chi connectivity index (χ0n) is 20.2. The van der Waals surface area contributed by atoms with E-state index in [1.54, 1.807) is 6.92 Å². The first kappa shape index (κ1) is 24.5. The summed E-state index contributed by atoms with van der Waals surface area (Å²) in [6.07, 6.45) is 3.52. The molecule has 2 N–H and O–H groups in total. The second-order valence-corrected chi connectivity index (χ2v) is 11.2. The van der Waals surface area contributed by atoms with Crippen LogP contribution in [0.2, 0.25) is 0 Å². The highest BCUT2D eigenvalue weighted by Crippen LogP contribution is 2.53. The second-order valence-electron chi connectivity index (χ2n) is 9.97. The van der Waals surface area contributed by atoms with E-state index < -0.39 is 23.8 Å². The highest BCUT2D eigenvalue weighted by molar-refractivity contribution is 7.17. The summed E-state index contributed by atoms with van der Waals surface area (Å²) in [5, 5.41) is 13.1. The normalized spacial score (nSPS) is 23.3. The Morgan fingerprint density at radius 3 is 2.35 bits per heavy atom. The van der Waals surface area contributed by atoms with Crippen LogP contribution in [0.4, 0.5) is 5.00 Å². The lowest BCUT2D eigenvalue weighted by molar-refractivity contribution is -0.148. The molecule has 2 fully saturated rings. The number of ether oxygens (including phenoxy) is 1. The van der Waals surface area contributed by atoms with Gasteiger partial charge in [-0.2, -0.15) is 0 Å². The van der Waals surface area contributed by atoms with E-state index in [0.29, 0.717) is 16.5 Å². The number of rotatable bonds is 8. The summed E-state index contributed by atoms with van der Waals surface area (Å²) in [7, 11) is 0. The number of fused-ring (bicyclic) bond motifs is 2. The predicted molar refractivity (Wildman–Crippen MR) is 133 cm³/mol. The van der Waals surface area contributed by atoms with Crippen LogP contribution < -0.4 is 5.32 Å². The van der Waals surface area contributed by atoms with E-state index in [0.717, 1.165) is 41.7 Å². The number of carbonyl (C=O) groups is 3. The first-order valence-electron chi connectivity index (χ1n) is 12.1. The molecule has 0 radical (unpaired) electrons. The van der Waals surface area contributed by atoms with Gasteiger partial charge in [0.25, 0.3) is 0 Å². The van der Waals surface area contributed by atoms with Gasteiger partial charge in [-0.25, -0.2) is 4.79 Å². The molecule has 7 heteroatoms. The highest BCUT2D eigenvalue weighted by atomic mass is 32.1. The summed E-state index contributed by atoms with van der Waals surface area (Å²) in [5.41, 5.74) is 3.24. The van der Waals surface area contributed by atoms with Gasteiger partial charge in [0.2, 0.25) is 5.91 Å². The van der Waals surface area contributed by atoms with Gasteiger partial charge < -0.3 is 15.2 Å². The number of carboxylic acid groups (broad SMARTS) is 1. The zero-order valence-corrected chi connectivity index (χ0v) is 21.0. The highest BCUT2D eigenvalue weighted by Gasteiger charge is 2.54. The lowest BCUT2D eigenvalue weighted by atomic mass is 9.78. The van der Waals surface area contributed by atoms with Crippen LogP contribution in [0.5, 0.6) is 0 Å². The van der Waals surface area contributed by atoms with E-state index in [2.05, 4.69) is 31.3 Å². The molecule has 6 nitrogen and oxygen atoms in total. The van der Waals surface area contributed by atoms with Gasteiger partial charge in [-0.05, 0) is 68.4 Å². The van der Waals surface area contributed by atoms with Crippen molar-refractivity contribution in [3.8, 4) is 11.1 Å². The molecule has 2 aliphatic rings. The number of aliphatic carboxylic acids is 1. The number of hydrogen-bond donors (Lipinski definition) is 2. The number of amides is 1. The molecule has 1 amide bonds. The van der Waals surface area contributed by atoms with Gasteiger partial charge in [0.15, 0.2) is 0 Å². The van der Waals surface area contributed by atoms with Crippen molar-refractivity contribution < 1.29 is 24.2 Å². The van der Waals surface area contributed by atoms with Crippen molar-refractivity contribution in [1.82, 2.24) is 0 Å². The minimum absolute atomic E-state index is 0.0627. The summed E-state index contributed by atoms with van der Waals surface area (Å²) in [4.78, 5) is 39.2. The molecule has 1 aromatic carbocycles. The van der Waals surface area contributed by atoms with Crippen LogP contribution in [-0.2, 0) is 20.7 Å². The molecule has 1 aromatic heterocycles. The standard InChI is InChI=1S/C27H33NO5S/c1-5-33-27(32)23-20(17-8-6-16(7-9-17)12-14(2)3)15(4)34-25(23)28-24(29)21-18-10-11-19(13-18)22(21)26(30)31/h6-9,14,18-19,21-22H,5,10-13H2,1-4H3,(H,28,29)(H,30,31)/t18-,19+,21-,22+/m1/s1. The number of hydrogen-bond acceptors (Lipinski definition) is 5. The maximum atomic E-state index is 13.3. The van der Waals surface area contributed by atoms with Crippen LogP contribution in [0, 0.1) is 36.5 Å². The molecule has 1 heterocycles. The molecule has 4 rings (SSSR count). The van der Waals surface area contributed by atoms with E-state index in [9.17, 15) is 19.5 Å². The zero-order chi connectivity index (χ0) is 24.6. The number of nitrogens with one attached hydrogen (secondary N) is 1. The summed E-state index contributed by atoms with van der Waals surface area (Å²) in [6.45, 7) is 8.26. The molecular formula is C27H33NO5S. The van der Waals surface area contributed by atoms with Gasteiger partial charge in [-0.3, -0.25) is 9.59 Å². The Balaban J connectivity index is 1.67. The van der Waals surface area contributed by atoms with Crippen molar-refractivity contribution in [3.63, 3.8) is 0 Å². The summed E-state index contributed by atoms with van der Waals surface area (Å²) in [6, 6.07) is 8.17. The van der Waals surface area contributed by atoms with E-state index in [1.165, 1.54) is 16.9 Å². The Labute approximate surface area is 204 Å². The third-order valence-corrected chi connectivity index (χ3v) is 8.21. The van der Waals surface area contributed by atoms with Crippen LogP contribution >= 0.6 is 11.3 Å². The minimum atomic E-state index is -0.900. The van der Waals surface area contributed by atoms with Crippen LogP contribution in [0.1, 0.15) is 60.8 Å². The molecule has 2 aromatic rings. The smallest absolute Gasteiger partial charge is 0.341 e. The number of esters is 1. The third kappa shape index (κ3) is 4.63. The molecule has 34 heavy (non-hydrogen) atoms. The number of thiophene rings is 1. The van der Waals surface area contributed by atoms with Crippen molar-refractivity contribution in [2.75, 3.05) is 11.9 Å². The van der Waals surface area contributed by atoms with Crippen molar-refractivity contribution in [3.05, 3.63) is 40.3 Å². The quantitative estimate of drug-likeness (QED) is 0.464. The van der Waals surface area contributed by atoms with Crippen LogP contribution in [0.25, 0.3) is 11.1 Å². The van der Waals surface area contributed by atoms with Gasteiger partial charge in [0, 0.05) is 10.4 Å². The molecule has 2 aliphatic carbocycles. The number of carbonyl (C=O) groups excluding carboxylic acids is 2. The van der Waals surface area contributed by atoms with Crippen molar-refractivity contribution in [2.24, 2.45) is 29.6 Å². The Bertz CT molecular complexity index is 1090. The molecule has 0 unspecified atom stereocenters. The first-order valence-corrected chi connectivity index (χ1v) is 13.0. The molecule has 0 saturated heterocycles. The largest absolute Gasteiger partial charge is 0.481 e. The molecule has 4 atom stereocenters. The molecule has 182 valence electrons. The van der Waals surface area contributed by atoms with Crippen LogP contribution in [0.15, 0.2) is 24.3 Å². The number of benzene rings is 1. The molecule has 2 saturated carbocycles. The van der Waals surface area contributed by atoms with Gasteiger partial charge in [-0.15, -0.1) is 11.3 Å². The lowest BCUT2D eigenvalue weighted by Gasteiger charge is -2.27. The second kappa shape index (κ2) is 9.90. The third-order valence-electron chi connectivity index (χ3n) is 7.19. The van der Waals surface area contributed by atoms with Gasteiger partial charge in [0.1, 0.15) is 10.6 Å². The van der Waals surface area contributed by atoms with E-state index in [1.807, 2.05) is 19.1 Å². The van der Waals surface area contributed by atoms with Gasteiger partial charge >= 0.3 is 11.9 Å². The molecule has 0 spiro atoms. The first-order chi connectivity index (χ1) is 16.2.